The predicted molar refractivity (Wildman–Crippen MR) is 90.2 cm³/mol. The molecule has 0 bridgehead atoms. The lowest BCUT2D eigenvalue weighted by Crippen LogP contribution is -2.41. The molecule has 0 saturated heterocycles. The van der Waals surface area contributed by atoms with Crippen LogP contribution in [-0.2, 0) is 0 Å². The lowest BCUT2D eigenvalue weighted by Gasteiger charge is -2.26. The average molecular weight is 407 g/mol. The van der Waals surface area contributed by atoms with Crippen molar-refractivity contribution in [1.82, 2.24) is 10.6 Å². The zero-order valence-corrected chi connectivity index (χ0v) is 14.9. The van der Waals surface area contributed by atoms with Gasteiger partial charge in [-0.1, -0.05) is 26.7 Å². The minimum absolute atomic E-state index is 0. The standard InChI is InChI=1S/C13H27F2N3O.HI/c1-4-7-13(19,8-5-2)10-18-12(16-6-3)17-9-11(14)15;/h11,19H,4-10H2,1-3H3,(H2,16,17,18);1H. The highest BCUT2D eigenvalue weighted by molar-refractivity contribution is 14.0. The van der Waals surface area contributed by atoms with Crippen LogP contribution in [0.2, 0.25) is 0 Å². The van der Waals surface area contributed by atoms with E-state index in [4.69, 9.17) is 0 Å². The number of guanidine groups is 1. The number of hydrogen-bond donors (Lipinski definition) is 3. The molecule has 0 radical (unpaired) electrons. The zero-order valence-electron chi connectivity index (χ0n) is 12.6. The summed E-state index contributed by atoms with van der Waals surface area (Å²) in [4.78, 5) is 4.21. The van der Waals surface area contributed by atoms with Crippen LogP contribution in [0.25, 0.3) is 0 Å². The molecule has 0 fully saturated rings. The molecule has 4 nitrogen and oxygen atoms in total. The van der Waals surface area contributed by atoms with Gasteiger partial charge < -0.3 is 15.7 Å². The molecule has 0 heterocycles. The molecule has 0 rings (SSSR count). The van der Waals surface area contributed by atoms with Crippen LogP contribution in [0.15, 0.2) is 4.99 Å². The van der Waals surface area contributed by atoms with Gasteiger partial charge in [0.15, 0.2) is 5.96 Å². The minimum atomic E-state index is -2.42. The van der Waals surface area contributed by atoms with Crippen molar-refractivity contribution in [3.05, 3.63) is 0 Å². The van der Waals surface area contributed by atoms with E-state index >= 15 is 0 Å². The smallest absolute Gasteiger partial charge is 0.255 e. The fourth-order valence-electron chi connectivity index (χ4n) is 1.96. The summed E-state index contributed by atoms with van der Waals surface area (Å²) in [5.41, 5.74) is -0.837. The molecule has 0 aliphatic carbocycles. The second kappa shape index (κ2) is 12.6. The van der Waals surface area contributed by atoms with Gasteiger partial charge in [-0.05, 0) is 19.8 Å². The molecular formula is C13H28F2IN3O. The number of nitrogens with zero attached hydrogens (tertiary/aromatic N) is 1. The van der Waals surface area contributed by atoms with Crippen LogP contribution in [0.3, 0.4) is 0 Å². The predicted octanol–water partition coefficient (Wildman–Crippen LogP) is 2.76. The van der Waals surface area contributed by atoms with Crippen molar-refractivity contribution >= 4 is 29.9 Å². The molecule has 0 saturated carbocycles. The van der Waals surface area contributed by atoms with Crippen molar-refractivity contribution in [2.75, 3.05) is 19.6 Å². The van der Waals surface area contributed by atoms with Gasteiger partial charge in [0.2, 0.25) is 0 Å². The van der Waals surface area contributed by atoms with Gasteiger partial charge in [0.1, 0.15) is 0 Å². The van der Waals surface area contributed by atoms with E-state index in [9.17, 15) is 13.9 Å². The maximum absolute atomic E-state index is 12.2. The number of alkyl halides is 2. The molecule has 0 amide bonds. The number of hydrogen-bond acceptors (Lipinski definition) is 2. The summed E-state index contributed by atoms with van der Waals surface area (Å²) in [6, 6.07) is 0. The average Bonchev–Trinajstić information content (AvgIpc) is 2.33. The van der Waals surface area contributed by atoms with E-state index in [1.807, 2.05) is 20.8 Å². The normalized spacial score (nSPS) is 12.2. The molecule has 0 atom stereocenters. The maximum atomic E-state index is 12.2. The van der Waals surface area contributed by atoms with Crippen LogP contribution in [0.4, 0.5) is 8.78 Å². The molecule has 7 heteroatoms. The minimum Gasteiger partial charge on any atom is -0.388 e. The lowest BCUT2D eigenvalue weighted by molar-refractivity contribution is 0.0306. The highest BCUT2D eigenvalue weighted by Crippen LogP contribution is 2.19. The Bertz CT molecular complexity index is 260. The third-order valence-corrected chi connectivity index (χ3v) is 2.73. The number of aliphatic hydroxyl groups is 1. The van der Waals surface area contributed by atoms with Crippen LogP contribution >= 0.6 is 24.0 Å². The molecule has 3 N–H and O–H groups in total. The third kappa shape index (κ3) is 10.6. The molecule has 20 heavy (non-hydrogen) atoms. The largest absolute Gasteiger partial charge is 0.388 e. The van der Waals surface area contributed by atoms with E-state index in [0.29, 0.717) is 25.3 Å². The fraction of sp³-hybridized carbons (Fsp3) is 0.923. The van der Waals surface area contributed by atoms with Gasteiger partial charge in [-0.25, -0.2) is 8.78 Å². The number of aliphatic imine (C=N–C) groups is 1. The summed E-state index contributed by atoms with van der Waals surface area (Å²) in [7, 11) is 0. The van der Waals surface area contributed by atoms with Crippen molar-refractivity contribution in [2.24, 2.45) is 4.99 Å². The monoisotopic (exact) mass is 407 g/mol. The van der Waals surface area contributed by atoms with E-state index in [1.54, 1.807) is 0 Å². The molecule has 0 aromatic carbocycles. The van der Waals surface area contributed by atoms with Crippen molar-refractivity contribution in [3.63, 3.8) is 0 Å². The molecule has 0 spiro atoms. The molecule has 122 valence electrons. The highest BCUT2D eigenvalue weighted by Gasteiger charge is 2.24. The topological polar surface area (TPSA) is 56.7 Å². The second-order valence-electron chi connectivity index (χ2n) is 4.69. The first-order valence-electron chi connectivity index (χ1n) is 7.00. The van der Waals surface area contributed by atoms with Crippen LogP contribution in [-0.4, -0.2) is 42.7 Å². The fourth-order valence-corrected chi connectivity index (χ4v) is 1.96. The van der Waals surface area contributed by atoms with Gasteiger partial charge in [-0.3, -0.25) is 4.99 Å². The van der Waals surface area contributed by atoms with Crippen molar-refractivity contribution < 1.29 is 13.9 Å². The lowest BCUT2D eigenvalue weighted by atomic mass is 9.93. The van der Waals surface area contributed by atoms with E-state index in [-0.39, 0.29) is 30.5 Å². The zero-order chi connectivity index (χ0) is 14.7. The Hall–Kier alpha value is -0.180. The van der Waals surface area contributed by atoms with E-state index in [2.05, 4.69) is 15.6 Å². The third-order valence-electron chi connectivity index (χ3n) is 2.73. The van der Waals surface area contributed by atoms with Gasteiger partial charge in [-0.2, -0.15) is 0 Å². The summed E-state index contributed by atoms with van der Waals surface area (Å²) in [5, 5.41) is 15.8. The Morgan fingerprint density at radius 3 is 2.10 bits per heavy atom. The van der Waals surface area contributed by atoms with Gasteiger partial charge in [0, 0.05) is 6.54 Å². The Labute approximate surface area is 137 Å². The Kier molecular flexibility index (Phi) is 13.9. The first kappa shape index (κ1) is 22.1. The van der Waals surface area contributed by atoms with Crippen molar-refractivity contribution in [3.8, 4) is 0 Å². The Balaban J connectivity index is 0. The summed E-state index contributed by atoms with van der Waals surface area (Å²) in [6.07, 6.45) is 0.644. The summed E-state index contributed by atoms with van der Waals surface area (Å²) >= 11 is 0. The quantitative estimate of drug-likeness (QED) is 0.313. The van der Waals surface area contributed by atoms with Gasteiger partial charge in [-0.15, -0.1) is 24.0 Å². The van der Waals surface area contributed by atoms with Gasteiger partial charge >= 0.3 is 0 Å². The Morgan fingerprint density at radius 2 is 1.70 bits per heavy atom. The Morgan fingerprint density at radius 1 is 1.15 bits per heavy atom. The van der Waals surface area contributed by atoms with E-state index in [1.165, 1.54) is 0 Å². The molecule has 0 aromatic rings. The van der Waals surface area contributed by atoms with Crippen molar-refractivity contribution in [2.45, 2.75) is 58.5 Å². The first-order chi connectivity index (χ1) is 8.97. The molecule has 0 aromatic heterocycles. The highest BCUT2D eigenvalue weighted by atomic mass is 127. The molecule has 0 aliphatic rings. The van der Waals surface area contributed by atoms with Crippen molar-refractivity contribution in [1.29, 1.82) is 0 Å². The SMILES string of the molecule is CCCC(O)(CCC)CN=C(NCC)NCC(F)F.I. The first-order valence-corrected chi connectivity index (χ1v) is 7.00. The second-order valence-corrected chi connectivity index (χ2v) is 4.69. The number of rotatable bonds is 9. The molecular weight excluding hydrogens is 379 g/mol. The van der Waals surface area contributed by atoms with Gasteiger partial charge in [0.25, 0.3) is 6.43 Å². The van der Waals surface area contributed by atoms with E-state index in [0.717, 1.165) is 12.8 Å². The van der Waals surface area contributed by atoms with Crippen LogP contribution in [0.1, 0.15) is 46.5 Å². The summed E-state index contributed by atoms with van der Waals surface area (Å²) in [5.74, 6) is 0.327. The summed E-state index contributed by atoms with van der Waals surface area (Å²) < 4.78 is 24.3. The van der Waals surface area contributed by atoms with Gasteiger partial charge in [0.05, 0.1) is 18.7 Å². The number of nitrogens with one attached hydrogen (secondary N) is 2. The van der Waals surface area contributed by atoms with Crippen LogP contribution in [0.5, 0.6) is 0 Å². The molecule has 0 aliphatic heterocycles. The number of halogens is 3. The van der Waals surface area contributed by atoms with Crippen LogP contribution < -0.4 is 10.6 Å². The summed E-state index contributed by atoms with van der Waals surface area (Å²) in [6.45, 7) is 6.26. The maximum Gasteiger partial charge on any atom is 0.255 e. The van der Waals surface area contributed by atoms with E-state index < -0.39 is 18.6 Å². The molecule has 0 unspecified atom stereocenters. The van der Waals surface area contributed by atoms with Crippen LogP contribution in [0, 0.1) is 0 Å².